The minimum absolute atomic E-state index is 0.0711. The summed E-state index contributed by atoms with van der Waals surface area (Å²) in [6.07, 6.45) is 4.52. The van der Waals surface area contributed by atoms with Crippen LogP contribution in [-0.2, 0) is 10.2 Å². The maximum Gasteiger partial charge on any atom is 0.270 e. The average Bonchev–Trinajstić information content (AvgIpc) is 2.71. The highest BCUT2D eigenvalue weighted by Crippen LogP contribution is 2.43. The molecular weight excluding hydrogens is 268 g/mol. The summed E-state index contributed by atoms with van der Waals surface area (Å²) in [5.74, 6) is 0.114. The van der Waals surface area contributed by atoms with E-state index in [0.717, 1.165) is 29.7 Å². The number of non-ortho nitro benzene ring substituents is 1. The summed E-state index contributed by atoms with van der Waals surface area (Å²) in [6.45, 7) is 4.83. The molecule has 5 nitrogen and oxygen atoms in total. The molecule has 3 rings (SSSR count). The van der Waals surface area contributed by atoms with E-state index in [4.69, 9.17) is 0 Å². The lowest BCUT2D eigenvalue weighted by molar-refractivity contribution is -0.384. The van der Waals surface area contributed by atoms with Crippen molar-refractivity contribution in [3.8, 4) is 0 Å². The summed E-state index contributed by atoms with van der Waals surface area (Å²) in [4.78, 5) is 24.6. The number of nitro groups is 1. The van der Waals surface area contributed by atoms with Crippen molar-refractivity contribution >= 4 is 17.3 Å². The van der Waals surface area contributed by atoms with Gasteiger partial charge in [0.05, 0.1) is 4.92 Å². The summed E-state index contributed by atoms with van der Waals surface area (Å²) in [6, 6.07) is 4.94. The molecule has 1 saturated heterocycles. The number of likely N-dealkylation sites (tertiary alicyclic amines) is 1. The number of nitro benzene ring substituents is 1. The van der Waals surface area contributed by atoms with Crippen LogP contribution in [0.3, 0.4) is 0 Å². The zero-order valence-corrected chi connectivity index (χ0v) is 12.3. The molecule has 1 aliphatic carbocycles. The number of carbonyl (C=O) groups is 1. The molecule has 110 valence electrons. The molecule has 1 amide bonds. The van der Waals surface area contributed by atoms with Gasteiger partial charge in [0, 0.05) is 41.8 Å². The van der Waals surface area contributed by atoms with Gasteiger partial charge in [-0.05, 0) is 24.5 Å². The quantitative estimate of drug-likeness (QED) is 0.619. The van der Waals surface area contributed by atoms with Crippen LogP contribution in [0.2, 0.25) is 0 Å². The largest absolute Gasteiger partial charge is 0.312 e. The van der Waals surface area contributed by atoms with Crippen LogP contribution in [0, 0.1) is 10.1 Å². The molecule has 0 unspecified atom stereocenters. The molecule has 5 heteroatoms. The molecule has 0 aromatic heterocycles. The van der Waals surface area contributed by atoms with E-state index < -0.39 is 0 Å². The van der Waals surface area contributed by atoms with Crippen molar-refractivity contribution < 1.29 is 9.72 Å². The highest BCUT2D eigenvalue weighted by atomic mass is 16.6. The number of piperidine rings is 1. The zero-order valence-electron chi connectivity index (χ0n) is 12.3. The summed E-state index contributed by atoms with van der Waals surface area (Å²) in [5, 5.41) is 11.0. The third kappa shape index (κ3) is 2.22. The van der Waals surface area contributed by atoms with Crippen LogP contribution in [0.15, 0.2) is 24.3 Å². The standard InChI is InChI=1S/C16H18N2O3/c1-16(2)10-14(17-8-4-3-5-15(17)19)12-9-11(18(20)21)6-7-13(12)16/h6-7,9-10H,3-5,8H2,1-2H3. The average molecular weight is 286 g/mol. The van der Waals surface area contributed by atoms with E-state index >= 15 is 0 Å². The predicted molar refractivity (Wildman–Crippen MR) is 79.7 cm³/mol. The number of benzene rings is 1. The normalized spacial score (nSPS) is 20.2. The molecule has 0 saturated carbocycles. The number of hydrogen-bond donors (Lipinski definition) is 0. The third-order valence-corrected chi connectivity index (χ3v) is 4.30. The van der Waals surface area contributed by atoms with Gasteiger partial charge in [0.2, 0.25) is 5.91 Å². The fourth-order valence-corrected chi connectivity index (χ4v) is 3.20. The number of allylic oxidation sites excluding steroid dienone is 1. The Morgan fingerprint density at radius 1 is 1.29 bits per heavy atom. The lowest BCUT2D eigenvalue weighted by Crippen LogP contribution is -2.33. The minimum atomic E-state index is -0.388. The molecular formula is C16H18N2O3. The van der Waals surface area contributed by atoms with Gasteiger partial charge in [-0.1, -0.05) is 19.9 Å². The highest BCUT2D eigenvalue weighted by Gasteiger charge is 2.35. The van der Waals surface area contributed by atoms with Crippen LogP contribution in [0.5, 0.6) is 0 Å². The third-order valence-electron chi connectivity index (χ3n) is 4.30. The molecule has 1 aromatic rings. The van der Waals surface area contributed by atoms with Crippen molar-refractivity contribution in [1.82, 2.24) is 4.90 Å². The Hall–Kier alpha value is -2.17. The van der Waals surface area contributed by atoms with E-state index in [1.807, 2.05) is 6.07 Å². The SMILES string of the molecule is CC1(C)C=C(N2CCCCC2=O)c2cc([N+](=O)[O-])ccc21. The molecule has 2 aliphatic rings. The van der Waals surface area contributed by atoms with Gasteiger partial charge in [0.25, 0.3) is 5.69 Å². The second-order valence-corrected chi connectivity index (χ2v) is 6.24. The fraction of sp³-hybridized carbons (Fsp3) is 0.438. The van der Waals surface area contributed by atoms with E-state index in [-0.39, 0.29) is 21.9 Å². The number of hydrogen-bond acceptors (Lipinski definition) is 3. The first-order chi connectivity index (χ1) is 9.90. The lowest BCUT2D eigenvalue weighted by atomic mass is 9.87. The Balaban J connectivity index is 2.10. The van der Waals surface area contributed by atoms with Crippen LogP contribution in [-0.4, -0.2) is 22.3 Å². The Kier molecular flexibility index (Phi) is 3.08. The van der Waals surface area contributed by atoms with Crippen LogP contribution in [0.1, 0.15) is 44.2 Å². The minimum Gasteiger partial charge on any atom is -0.312 e. The number of rotatable bonds is 2. The van der Waals surface area contributed by atoms with E-state index in [1.54, 1.807) is 11.0 Å². The van der Waals surface area contributed by atoms with Crippen molar-refractivity contribution in [3.63, 3.8) is 0 Å². The fourth-order valence-electron chi connectivity index (χ4n) is 3.20. The first-order valence-electron chi connectivity index (χ1n) is 7.23. The van der Waals surface area contributed by atoms with Crippen LogP contribution < -0.4 is 0 Å². The zero-order chi connectivity index (χ0) is 15.2. The molecule has 0 bridgehead atoms. The molecule has 0 N–H and O–H groups in total. The Morgan fingerprint density at radius 2 is 2.05 bits per heavy atom. The Labute approximate surface area is 123 Å². The highest BCUT2D eigenvalue weighted by molar-refractivity contribution is 5.90. The Bertz CT molecular complexity index is 661. The molecule has 0 spiro atoms. The van der Waals surface area contributed by atoms with E-state index in [0.29, 0.717) is 13.0 Å². The van der Waals surface area contributed by atoms with Gasteiger partial charge in [0.1, 0.15) is 0 Å². The summed E-state index contributed by atoms with van der Waals surface area (Å²) < 4.78 is 0. The molecule has 1 fully saturated rings. The van der Waals surface area contributed by atoms with E-state index in [2.05, 4.69) is 19.9 Å². The number of fused-ring (bicyclic) bond motifs is 1. The molecule has 0 radical (unpaired) electrons. The molecule has 1 aliphatic heterocycles. The van der Waals surface area contributed by atoms with Gasteiger partial charge >= 0.3 is 0 Å². The molecule has 21 heavy (non-hydrogen) atoms. The van der Waals surface area contributed by atoms with Gasteiger partial charge < -0.3 is 4.90 Å². The van der Waals surface area contributed by atoms with Crippen LogP contribution in [0.4, 0.5) is 5.69 Å². The second-order valence-electron chi connectivity index (χ2n) is 6.24. The number of carbonyl (C=O) groups excluding carboxylic acids is 1. The van der Waals surface area contributed by atoms with Gasteiger partial charge in [0.15, 0.2) is 0 Å². The van der Waals surface area contributed by atoms with Crippen molar-refractivity contribution in [2.75, 3.05) is 6.54 Å². The van der Waals surface area contributed by atoms with Crippen molar-refractivity contribution in [1.29, 1.82) is 0 Å². The summed E-state index contributed by atoms with van der Waals surface area (Å²) in [7, 11) is 0. The van der Waals surface area contributed by atoms with Crippen molar-refractivity contribution in [2.45, 2.75) is 38.5 Å². The summed E-state index contributed by atoms with van der Waals surface area (Å²) >= 11 is 0. The van der Waals surface area contributed by atoms with Gasteiger partial charge in [-0.3, -0.25) is 14.9 Å². The second kappa shape index (κ2) is 4.69. The van der Waals surface area contributed by atoms with Crippen molar-refractivity contribution in [2.24, 2.45) is 0 Å². The Morgan fingerprint density at radius 3 is 2.71 bits per heavy atom. The van der Waals surface area contributed by atoms with Gasteiger partial charge in [-0.25, -0.2) is 0 Å². The van der Waals surface area contributed by atoms with Crippen LogP contribution in [0.25, 0.3) is 5.70 Å². The molecule has 0 atom stereocenters. The number of amides is 1. The lowest BCUT2D eigenvalue weighted by Gasteiger charge is -2.28. The van der Waals surface area contributed by atoms with Crippen LogP contribution >= 0.6 is 0 Å². The van der Waals surface area contributed by atoms with Gasteiger partial charge in [-0.2, -0.15) is 0 Å². The maximum absolute atomic E-state index is 12.2. The molecule has 1 heterocycles. The smallest absolute Gasteiger partial charge is 0.270 e. The topological polar surface area (TPSA) is 63.5 Å². The monoisotopic (exact) mass is 286 g/mol. The van der Waals surface area contributed by atoms with Gasteiger partial charge in [-0.15, -0.1) is 0 Å². The first-order valence-corrected chi connectivity index (χ1v) is 7.23. The maximum atomic E-state index is 12.2. The van der Waals surface area contributed by atoms with E-state index in [9.17, 15) is 14.9 Å². The predicted octanol–water partition coefficient (Wildman–Crippen LogP) is 3.24. The van der Waals surface area contributed by atoms with E-state index in [1.165, 1.54) is 6.07 Å². The first kappa shape index (κ1) is 13.8. The summed E-state index contributed by atoms with van der Waals surface area (Å²) in [5.41, 5.74) is 2.56. The molecule has 1 aromatic carbocycles. The van der Waals surface area contributed by atoms with Crippen molar-refractivity contribution in [3.05, 3.63) is 45.5 Å². The number of nitrogens with zero attached hydrogens (tertiary/aromatic N) is 2.